The van der Waals surface area contributed by atoms with Crippen LogP contribution in [0.4, 0.5) is 18.9 Å². The van der Waals surface area contributed by atoms with Crippen molar-refractivity contribution in [1.29, 1.82) is 0 Å². The largest absolute Gasteiger partial charge is 0.416 e. The zero-order valence-electron chi connectivity index (χ0n) is 26.9. The highest BCUT2D eigenvalue weighted by Crippen LogP contribution is 2.49. The first-order valence-electron chi connectivity index (χ1n) is 16.0. The number of hydrogen-bond donors (Lipinski definition) is 0. The third-order valence-corrected chi connectivity index (χ3v) is 11.2. The molecule has 2 aromatic carbocycles. The maximum absolute atomic E-state index is 13.8. The van der Waals surface area contributed by atoms with Gasteiger partial charge in [-0.15, -0.1) is 0 Å². The molecule has 0 radical (unpaired) electrons. The molecular weight excluding hydrogens is 614 g/mol. The lowest BCUT2D eigenvalue weighted by molar-refractivity contribution is -0.137. The number of aromatic nitrogens is 4. The van der Waals surface area contributed by atoms with E-state index in [1.807, 2.05) is 32.0 Å². The summed E-state index contributed by atoms with van der Waals surface area (Å²) in [6, 6.07) is 8.93. The fourth-order valence-corrected chi connectivity index (χ4v) is 8.15. The smallest absolute Gasteiger partial charge is 0.322 e. The first kappa shape index (κ1) is 33.8. The van der Waals surface area contributed by atoms with E-state index in [2.05, 4.69) is 28.9 Å². The zero-order chi connectivity index (χ0) is 33.1. The van der Waals surface area contributed by atoms with Crippen LogP contribution in [0.5, 0.6) is 0 Å². The van der Waals surface area contributed by atoms with Gasteiger partial charge < -0.3 is 9.42 Å². The molecule has 5 rings (SSSR count). The summed E-state index contributed by atoms with van der Waals surface area (Å²) >= 11 is 0. The molecule has 1 aliphatic rings. The van der Waals surface area contributed by atoms with E-state index in [4.69, 9.17) is 4.52 Å². The maximum atomic E-state index is 13.8. The van der Waals surface area contributed by atoms with E-state index >= 15 is 0 Å². The van der Waals surface area contributed by atoms with E-state index in [0.717, 1.165) is 67.5 Å². The molecule has 1 aliphatic heterocycles. The molecule has 0 aliphatic carbocycles. The second kappa shape index (κ2) is 14.1. The van der Waals surface area contributed by atoms with Crippen LogP contribution in [0.1, 0.15) is 85.2 Å². The SMILES string of the molecule is CCCCCP(=O)(CCCCC)OCc1nn2c(c1C)C(=O)N(c1ccc(-c3ncc4cc(C(F)(F)F)ccc4n3)cc1C)CC2. The molecule has 0 bridgehead atoms. The van der Waals surface area contributed by atoms with Crippen LogP contribution in [0.15, 0.2) is 42.6 Å². The Bertz CT molecular complexity index is 1760. The van der Waals surface area contributed by atoms with E-state index < -0.39 is 19.1 Å². The van der Waals surface area contributed by atoms with Crippen molar-refractivity contribution in [3.8, 4) is 11.4 Å². The van der Waals surface area contributed by atoms with Gasteiger partial charge in [0.2, 0.25) is 7.37 Å². The number of benzene rings is 2. The highest BCUT2D eigenvalue weighted by molar-refractivity contribution is 7.58. The van der Waals surface area contributed by atoms with Crippen molar-refractivity contribution in [1.82, 2.24) is 19.7 Å². The number of carbonyl (C=O) groups is 1. The molecule has 12 heteroatoms. The van der Waals surface area contributed by atoms with Crippen molar-refractivity contribution in [3.63, 3.8) is 0 Å². The Morgan fingerprint density at radius 1 is 0.957 bits per heavy atom. The highest BCUT2D eigenvalue weighted by atomic mass is 31.2. The Morgan fingerprint density at radius 2 is 1.67 bits per heavy atom. The van der Waals surface area contributed by atoms with Gasteiger partial charge in [-0.05, 0) is 68.7 Å². The van der Waals surface area contributed by atoms with Crippen molar-refractivity contribution >= 4 is 29.9 Å². The number of hydrogen-bond acceptors (Lipinski definition) is 6. The Morgan fingerprint density at radius 3 is 2.33 bits per heavy atom. The summed E-state index contributed by atoms with van der Waals surface area (Å²) in [5.41, 5.74) is 3.79. The van der Waals surface area contributed by atoms with E-state index in [1.165, 1.54) is 12.3 Å². The molecule has 8 nitrogen and oxygen atoms in total. The summed E-state index contributed by atoms with van der Waals surface area (Å²) in [6.07, 6.45) is 3.98. The van der Waals surface area contributed by atoms with E-state index in [1.54, 1.807) is 9.58 Å². The van der Waals surface area contributed by atoms with Crippen molar-refractivity contribution in [2.75, 3.05) is 23.8 Å². The number of amides is 1. The minimum Gasteiger partial charge on any atom is -0.322 e. The lowest BCUT2D eigenvalue weighted by Crippen LogP contribution is -2.41. The summed E-state index contributed by atoms with van der Waals surface area (Å²) < 4.78 is 60.9. The van der Waals surface area contributed by atoms with Crippen molar-refractivity contribution in [2.24, 2.45) is 0 Å². The summed E-state index contributed by atoms with van der Waals surface area (Å²) in [5.74, 6) is 0.210. The lowest BCUT2D eigenvalue weighted by Gasteiger charge is -2.29. The summed E-state index contributed by atoms with van der Waals surface area (Å²) in [4.78, 5) is 24.3. The third-order valence-electron chi connectivity index (χ3n) is 8.56. The number of unbranched alkanes of at least 4 members (excludes halogenated alkanes) is 4. The van der Waals surface area contributed by atoms with Crippen LogP contribution in [-0.2, 0) is 28.4 Å². The molecule has 1 amide bonds. The fraction of sp³-hybridized carbons (Fsp3) is 0.471. The van der Waals surface area contributed by atoms with Crippen LogP contribution in [-0.4, -0.2) is 44.5 Å². The molecule has 46 heavy (non-hydrogen) atoms. The van der Waals surface area contributed by atoms with Crippen molar-refractivity contribution in [3.05, 3.63) is 70.7 Å². The van der Waals surface area contributed by atoms with Gasteiger partial charge in [-0.2, -0.15) is 18.3 Å². The Hall–Kier alpha value is -3.56. The summed E-state index contributed by atoms with van der Waals surface area (Å²) in [6.45, 7) is 9.05. The second-order valence-corrected chi connectivity index (χ2v) is 14.8. The second-order valence-electron chi connectivity index (χ2n) is 12.0. The number of aryl methyl sites for hydroxylation is 1. The van der Waals surface area contributed by atoms with Crippen LogP contribution < -0.4 is 4.90 Å². The molecule has 0 unspecified atom stereocenters. The lowest BCUT2D eigenvalue weighted by atomic mass is 10.1. The van der Waals surface area contributed by atoms with Crippen LogP contribution in [0.25, 0.3) is 22.3 Å². The molecule has 246 valence electrons. The number of fused-ring (bicyclic) bond motifs is 2. The number of carbonyl (C=O) groups excluding carboxylic acids is 1. The third kappa shape index (κ3) is 7.36. The van der Waals surface area contributed by atoms with Gasteiger partial charge in [0, 0.05) is 47.3 Å². The van der Waals surface area contributed by atoms with E-state index in [-0.39, 0.29) is 12.5 Å². The molecule has 0 saturated carbocycles. The standard InChI is InChI=1S/C34H41F3N5O3P/c1-5-7-9-17-46(44,18-10-8-6-2)45-22-29-24(4)31-33(43)41(15-16-42(31)40-29)30-14-11-25(19-23(30)3)32-38-21-26-20-27(34(35,36)37)12-13-28(26)39-32/h11-14,19-21H,5-10,15-18,22H2,1-4H3. The van der Waals surface area contributed by atoms with Gasteiger partial charge >= 0.3 is 6.18 Å². The molecular formula is C34H41F3N5O3P. The number of alkyl halides is 3. The van der Waals surface area contributed by atoms with Gasteiger partial charge in [0.05, 0.1) is 29.9 Å². The van der Waals surface area contributed by atoms with Gasteiger partial charge in [0.15, 0.2) is 5.82 Å². The molecule has 3 heterocycles. The average molecular weight is 656 g/mol. The van der Waals surface area contributed by atoms with Crippen LogP contribution in [0.2, 0.25) is 0 Å². The molecule has 2 aromatic heterocycles. The number of anilines is 1. The van der Waals surface area contributed by atoms with Crippen LogP contribution in [0, 0.1) is 13.8 Å². The van der Waals surface area contributed by atoms with E-state index in [9.17, 15) is 22.5 Å². The number of nitrogens with zero attached hydrogens (tertiary/aromatic N) is 5. The van der Waals surface area contributed by atoms with E-state index in [0.29, 0.717) is 59.1 Å². The van der Waals surface area contributed by atoms with Gasteiger partial charge in [-0.25, -0.2) is 9.97 Å². The minimum absolute atomic E-state index is 0.117. The van der Waals surface area contributed by atoms with Gasteiger partial charge in [0.25, 0.3) is 5.91 Å². The number of halogens is 3. The molecule has 0 fully saturated rings. The van der Waals surface area contributed by atoms with Crippen LogP contribution in [0.3, 0.4) is 0 Å². The van der Waals surface area contributed by atoms with Crippen LogP contribution >= 0.6 is 7.37 Å². The van der Waals surface area contributed by atoms with Gasteiger partial charge in [-0.3, -0.25) is 14.0 Å². The minimum atomic E-state index is -4.44. The highest BCUT2D eigenvalue weighted by Gasteiger charge is 2.33. The Balaban J connectivity index is 1.33. The molecule has 0 spiro atoms. The first-order chi connectivity index (χ1) is 21.9. The Kier molecular flexibility index (Phi) is 10.3. The topological polar surface area (TPSA) is 90.2 Å². The average Bonchev–Trinajstić information content (AvgIpc) is 3.35. The first-order valence-corrected chi connectivity index (χ1v) is 18.0. The maximum Gasteiger partial charge on any atom is 0.416 e. The normalized spacial score (nSPS) is 13.9. The van der Waals surface area contributed by atoms with Gasteiger partial charge in [-0.1, -0.05) is 39.5 Å². The summed E-state index contributed by atoms with van der Waals surface area (Å²) in [7, 11) is -2.81. The molecule has 0 saturated heterocycles. The summed E-state index contributed by atoms with van der Waals surface area (Å²) in [5, 5.41) is 4.99. The van der Waals surface area contributed by atoms with Gasteiger partial charge in [0.1, 0.15) is 5.69 Å². The number of rotatable bonds is 13. The quantitative estimate of drug-likeness (QED) is 0.106. The molecule has 0 N–H and O–H groups in total. The fourth-order valence-electron chi connectivity index (χ4n) is 5.90. The monoisotopic (exact) mass is 655 g/mol. The Labute approximate surface area is 267 Å². The molecule has 0 atom stereocenters. The predicted octanol–water partition coefficient (Wildman–Crippen LogP) is 8.96. The zero-order valence-corrected chi connectivity index (χ0v) is 27.8. The van der Waals surface area contributed by atoms with Crippen molar-refractivity contribution in [2.45, 2.75) is 85.5 Å². The molecule has 4 aromatic rings. The van der Waals surface area contributed by atoms with Crippen molar-refractivity contribution < 1.29 is 27.1 Å². The predicted molar refractivity (Wildman–Crippen MR) is 175 cm³/mol.